The molecule has 8 atom stereocenters. The van der Waals surface area contributed by atoms with Gasteiger partial charge in [-0.15, -0.1) is 0 Å². The maximum absolute atomic E-state index is 10.9. The molecule has 4 heteroatoms. The molecule has 0 aromatic heterocycles. The summed E-state index contributed by atoms with van der Waals surface area (Å²) in [6.07, 6.45) is 6.30. The zero-order valence-corrected chi connectivity index (χ0v) is 15.7. The largest absolute Gasteiger partial charge is 0.396 e. The maximum atomic E-state index is 10.9. The highest BCUT2D eigenvalue weighted by Crippen LogP contribution is 2.64. The fourth-order valence-corrected chi connectivity index (χ4v) is 6.85. The first-order valence-corrected chi connectivity index (χ1v) is 9.91. The third-order valence-electron chi connectivity index (χ3n) is 8.84. The number of hydrogen-bond donors (Lipinski definition) is 4. The second kappa shape index (κ2) is 6.22. The summed E-state index contributed by atoms with van der Waals surface area (Å²) < 4.78 is 0. The Morgan fingerprint density at radius 2 is 1.67 bits per heavy atom. The average Bonchev–Trinajstić information content (AvgIpc) is 2.79. The molecule has 0 aliphatic heterocycles. The minimum atomic E-state index is -0.587. The summed E-state index contributed by atoms with van der Waals surface area (Å²) in [5.74, 6) is 1.52. The minimum absolute atomic E-state index is 0.0349. The van der Waals surface area contributed by atoms with Crippen LogP contribution in [0.5, 0.6) is 0 Å². The van der Waals surface area contributed by atoms with Crippen LogP contribution in [-0.2, 0) is 0 Å². The van der Waals surface area contributed by atoms with Crippen molar-refractivity contribution in [1.82, 2.24) is 0 Å². The summed E-state index contributed by atoms with van der Waals surface area (Å²) in [4.78, 5) is 0. The Bertz CT molecular complexity index is 468. The lowest BCUT2D eigenvalue weighted by Gasteiger charge is -2.57. The van der Waals surface area contributed by atoms with Gasteiger partial charge in [0.25, 0.3) is 0 Å². The van der Waals surface area contributed by atoms with E-state index in [1.807, 2.05) is 6.92 Å². The zero-order chi connectivity index (χ0) is 17.8. The molecule has 0 amide bonds. The summed E-state index contributed by atoms with van der Waals surface area (Å²) in [5, 5.41) is 31.0. The van der Waals surface area contributed by atoms with Gasteiger partial charge in [-0.3, -0.25) is 0 Å². The van der Waals surface area contributed by atoms with E-state index in [1.54, 1.807) is 0 Å². The van der Waals surface area contributed by atoms with E-state index in [4.69, 9.17) is 5.73 Å². The van der Waals surface area contributed by atoms with Crippen LogP contribution in [0.4, 0.5) is 0 Å². The highest BCUT2D eigenvalue weighted by Gasteiger charge is 2.61. The summed E-state index contributed by atoms with van der Waals surface area (Å²) in [5.41, 5.74) is 5.71. The SMILES string of the molecule is C[C@@]1([C@H]2CC[C@@]3(C)[C@@H](CC[C@]3(C)O)[C@@H]2CN)CC[C@H](O)C[C@@H]1CO. The van der Waals surface area contributed by atoms with E-state index >= 15 is 0 Å². The number of aliphatic hydroxyl groups is 3. The Kier molecular flexibility index (Phi) is 4.83. The lowest BCUT2D eigenvalue weighted by molar-refractivity contribution is -0.134. The van der Waals surface area contributed by atoms with Crippen molar-refractivity contribution in [3.05, 3.63) is 0 Å². The molecule has 0 heterocycles. The quantitative estimate of drug-likeness (QED) is 0.635. The second-order valence-corrected chi connectivity index (χ2v) is 9.69. The Morgan fingerprint density at radius 1 is 1.00 bits per heavy atom. The molecule has 0 aromatic rings. The van der Waals surface area contributed by atoms with E-state index in [0.717, 1.165) is 38.5 Å². The number of hydrogen-bond acceptors (Lipinski definition) is 4. The lowest BCUT2D eigenvalue weighted by Crippen LogP contribution is -2.55. The summed E-state index contributed by atoms with van der Waals surface area (Å²) in [6, 6.07) is 0. The highest BCUT2D eigenvalue weighted by molar-refractivity contribution is 5.11. The van der Waals surface area contributed by atoms with E-state index in [9.17, 15) is 15.3 Å². The van der Waals surface area contributed by atoms with E-state index < -0.39 is 5.60 Å². The van der Waals surface area contributed by atoms with Crippen molar-refractivity contribution in [1.29, 1.82) is 0 Å². The van der Waals surface area contributed by atoms with Crippen molar-refractivity contribution in [3.63, 3.8) is 0 Å². The molecule has 3 aliphatic carbocycles. The van der Waals surface area contributed by atoms with Crippen molar-refractivity contribution in [2.24, 2.45) is 40.2 Å². The molecule has 140 valence electrons. The van der Waals surface area contributed by atoms with Gasteiger partial charge in [0.2, 0.25) is 0 Å². The Balaban J connectivity index is 1.90. The summed E-state index contributed by atoms with van der Waals surface area (Å²) >= 11 is 0. The number of nitrogens with two attached hydrogens (primary N) is 1. The minimum Gasteiger partial charge on any atom is -0.396 e. The maximum Gasteiger partial charge on any atom is 0.0675 e. The molecule has 0 saturated heterocycles. The summed E-state index contributed by atoms with van der Waals surface area (Å²) in [6.45, 7) is 7.41. The van der Waals surface area contributed by atoms with Crippen molar-refractivity contribution in [2.75, 3.05) is 13.2 Å². The topological polar surface area (TPSA) is 86.7 Å². The van der Waals surface area contributed by atoms with Crippen molar-refractivity contribution >= 4 is 0 Å². The first-order chi connectivity index (χ1) is 11.2. The molecule has 0 bridgehead atoms. The van der Waals surface area contributed by atoms with Crippen LogP contribution in [0.2, 0.25) is 0 Å². The van der Waals surface area contributed by atoms with E-state index in [-0.39, 0.29) is 29.5 Å². The van der Waals surface area contributed by atoms with Crippen LogP contribution < -0.4 is 5.73 Å². The second-order valence-electron chi connectivity index (χ2n) is 9.69. The van der Waals surface area contributed by atoms with Crippen molar-refractivity contribution < 1.29 is 15.3 Å². The van der Waals surface area contributed by atoms with Gasteiger partial charge in [-0.2, -0.15) is 0 Å². The van der Waals surface area contributed by atoms with Crippen LogP contribution in [0.15, 0.2) is 0 Å². The molecule has 3 saturated carbocycles. The molecule has 3 fully saturated rings. The predicted octanol–water partition coefficient (Wildman–Crippen LogP) is 2.30. The van der Waals surface area contributed by atoms with E-state index in [0.29, 0.717) is 30.7 Å². The first kappa shape index (κ1) is 18.6. The van der Waals surface area contributed by atoms with Crippen molar-refractivity contribution in [2.45, 2.75) is 77.4 Å². The van der Waals surface area contributed by atoms with Crippen LogP contribution in [0.3, 0.4) is 0 Å². The fourth-order valence-electron chi connectivity index (χ4n) is 6.85. The number of aliphatic hydroxyl groups excluding tert-OH is 2. The van der Waals surface area contributed by atoms with Gasteiger partial charge in [-0.25, -0.2) is 0 Å². The summed E-state index contributed by atoms with van der Waals surface area (Å²) in [7, 11) is 0. The average molecular weight is 340 g/mol. The first-order valence-electron chi connectivity index (χ1n) is 9.91. The molecule has 0 radical (unpaired) electrons. The van der Waals surface area contributed by atoms with Crippen LogP contribution >= 0.6 is 0 Å². The predicted molar refractivity (Wildman–Crippen MR) is 95.3 cm³/mol. The standard InChI is InChI=1S/C20H37NO3/c1-18(7-4-14(23)10-13(18)12-22)16-5-8-19(2)17(15(16)11-21)6-9-20(19,3)24/h13-17,22-24H,4-12,21H2,1-3H3/t13-,14+,15-,16+,17+,18-,19+,20+/m1/s1. The van der Waals surface area contributed by atoms with Gasteiger partial charge >= 0.3 is 0 Å². The Labute approximate surface area is 146 Å². The van der Waals surface area contributed by atoms with Gasteiger partial charge in [0.1, 0.15) is 0 Å². The van der Waals surface area contributed by atoms with E-state index in [2.05, 4.69) is 13.8 Å². The van der Waals surface area contributed by atoms with Crippen LogP contribution in [0, 0.1) is 34.5 Å². The molecular formula is C20H37NO3. The van der Waals surface area contributed by atoms with Crippen LogP contribution in [0.1, 0.15) is 65.7 Å². The molecule has 0 unspecified atom stereocenters. The number of rotatable bonds is 3. The Morgan fingerprint density at radius 3 is 2.29 bits per heavy atom. The smallest absolute Gasteiger partial charge is 0.0675 e. The molecular weight excluding hydrogens is 302 g/mol. The third kappa shape index (κ3) is 2.56. The van der Waals surface area contributed by atoms with Gasteiger partial charge in [0, 0.05) is 6.61 Å². The molecule has 24 heavy (non-hydrogen) atoms. The van der Waals surface area contributed by atoms with Crippen LogP contribution in [0.25, 0.3) is 0 Å². The molecule has 5 N–H and O–H groups in total. The zero-order valence-electron chi connectivity index (χ0n) is 15.7. The monoisotopic (exact) mass is 339 g/mol. The van der Waals surface area contributed by atoms with E-state index in [1.165, 1.54) is 0 Å². The van der Waals surface area contributed by atoms with Gasteiger partial charge in [-0.1, -0.05) is 13.8 Å². The van der Waals surface area contributed by atoms with Gasteiger partial charge in [-0.05, 0) is 92.9 Å². The van der Waals surface area contributed by atoms with Gasteiger partial charge < -0.3 is 21.1 Å². The lowest BCUT2D eigenvalue weighted by atomic mass is 9.48. The molecule has 3 aliphatic rings. The molecule has 4 nitrogen and oxygen atoms in total. The van der Waals surface area contributed by atoms with Crippen molar-refractivity contribution in [3.8, 4) is 0 Å². The number of fused-ring (bicyclic) bond motifs is 1. The van der Waals surface area contributed by atoms with Gasteiger partial charge in [0.15, 0.2) is 0 Å². The highest BCUT2D eigenvalue weighted by atomic mass is 16.3. The molecule has 0 spiro atoms. The Hall–Kier alpha value is -0.160. The third-order valence-corrected chi connectivity index (χ3v) is 8.84. The molecule has 3 rings (SSSR count). The fraction of sp³-hybridized carbons (Fsp3) is 1.00. The molecule has 0 aromatic carbocycles. The van der Waals surface area contributed by atoms with Gasteiger partial charge in [0.05, 0.1) is 11.7 Å². The van der Waals surface area contributed by atoms with Crippen LogP contribution in [-0.4, -0.2) is 40.2 Å². The normalized spacial score (nSPS) is 55.4.